The van der Waals surface area contributed by atoms with Crippen LogP contribution in [0.1, 0.15) is 44.6 Å². The molecule has 0 radical (unpaired) electrons. The molecule has 1 fully saturated rings. The van der Waals surface area contributed by atoms with Crippen LogP contribution in [0.25, 0.3) is 0 Å². The highest BCUT2D eigenvalue weighted by atomic mass is 16.2. The molecule has 2 rings (SSSR count). The Morgan fingerprint density at radius 2 is 2.37 bits per heavy atom. The maximum absolute atomic E-state index is 12.4. The lowest BCUT2D eigenvalue weighted by Gasteiger charge is -2.25. The largest absolute Gasteiger partial charge is 0.334 e. The van der Waals surface area contributed by atoms with Gasteiger partial charge in [0.2, 0.25) is 5.91 Å². The average Bonchev–Trinajstić information content (AvgIpc) is 3.27. The molecular weight excluding hydrogens is 238 g/mol. The highest BCUT2D eigenvalue weighted by Gasteiger charge is 2.34. The Balaban J connectivity index is 1.97. The fourth-order valence-electron chi connectivity index (χ4n) is 2.22. The normalized spacial score (nSPS) is 16.1. The Labute approximate surface area is 115 Å². The van der Waals surface area contributed by atoms with E-state index in [1.807, 2.05) is 23.2 Å². The van der Waals surface area contributed by atoms with E-state index < -0.39 is 0 Å². The molecule has 1 unspecified atom stereocenters. The summed E-state index contributed by atoms with van der Waals surface area (Å²) in [6.07, 6.45) is 8.65. The molecule has 4 nitrogen and oxygen atoms in total. The number of pyridine rings is 1. The summed E-state index contributed by atoms with van der Waals surface area (Å²) < 4.78 is 0. The van der Waals surface area contributed by atoms with Crippen molar-refractivity contribution in [3.05, 3.63) is 30.1 Å². The van der Waals surface area contributed by atoms with E-state index in [0.717, 1.165) is 37.7 Å². The van der Waals surface area contributed by atoms with Gasteiger partial charge in [-0.2, -0.15) is 0 Å². The lowest BCUT2D eigenvalue weighted by Crippen LogP contribution is -2.44. The first-order chi connectivity index (χ1) is 9.22. The minimum Gasteiger partial charge on any atom is -0.334 e. The summed E-state index contributed by atoms with van der Waals surface area (Å²) in [4.78, 5) is 18.5. The van der Waals surface area contributed by atoms with E-state index in [1.165, 1.54) is 0 Å². The van der Waals surface area contributed by atoms with Gasteiger partial charge in [0.1, 0.15) is 0 Å². The molecule has 0 bridgehead atoms. The number of aromatic nitrogens is 1. The van der Waals surface area contributed by atoms with Gasteiger partial charge in [-0.3, -0.25) is 9.78 Å². The third-order valence-electron chi connectivity index (χ3n) is 3.53. The molecule has 1 aliphatic carbocycles. The van der Waals surface area contributed by atoms with Gasteiger partial charge in [-0.25, -0.2) is 0 Å². The number of nitrogens with two attached hydrogens (primary N) is 1. The van der Waals surface area contributed by atoms with Crippen LogP contribution >= 0.6 is 0 Å². The summed E-state index contributed by atoms with van der Waals surface area (Å²) in [5.74, 6) is 0.0970. The maximum atomic E-state index is 12.4. The van der Waals surface area contributed by atoms with Crippen molar-refractivity contribution < 1.29 is 4.79 Å². The first kappa shape index (κ1) is 14.0. The molecule has 1 aromatic heterocycles. The minimum absolute atomic E-state index is 0.0970. The predicted molar refractivity (Wildman–Crippen MR) is 75.3 cm³/mol. The lowest BCUT2D eigenvalue weighted by molar-refractivity contribution is -0.134. The van der Waals surface area contributed by atoms with Gasteiger partial charge in [-0.1, -0.05) is 25.8 Å². The van der Waals surface area contributed by atoms with Crippen LogP contribution < -0.4 is 5.73 Å². The van der Waals surface area contributed by atoms with Gasteiger partial charge >= 0.3 is 0 Å². The van der Waals surface area contributed by atoms with E-state index in [1.54, 1.807) is 6.20 Å². The Morgan fingerprint density at radius 3 is 2.95 bits per heavy atom. The molecule has 1 saturated carbocycles. The van der Waals surface area contributed by atoms with Gasteiger partial charge in [0.05, 0.1) is 6.04 Å². The van der Waals surface area contributed by atoms with Crippen LogP contribution in [0.5, 0.6) is 0 Å². The van der Waals surface area contributed by atoms with Gasteiger partial charge in [0, 0.05) is 25.0 Å². The average molecular weight is 261 g/mol. The van der Waals surface area contributed by atoms with Crippen molar-refractivity contribution in [3.63, 3.8) is 0 Å². The van der Waals surface area contributed by atoms with Crippen LogP contribution in [-0.2, 0) is 11.3 Å². The van der Waals surface area contributed by atoms with Crippen molar-refractivity contribution in [3.8, 4) is 0 Å². The van der Waals surface area contributed by atoms with Crippen molar-refractivity contribution in [1.82, 2.24) is 9.88 Å². The second-order valence-corrected chi connectivity index (χ2v) is 5.31. The van der Waals surface area contributed by atoms with Gasteiger partial charge in [-0.15, -0.1) is 0 Å². The Hall–Kier alpha value is -1.42. The van der Waals surface area contributed by atoms with E-state index >= 15 is 0 Å². The summed E-state index contributed by atoms with van der Waals surface area (Å²) in [5.41, 5.74) is 7.09. The van der Waals surface area contributed by atoms with Crippen molar-refractivity contribution >= 4 is 5.91 Å². The van der Waals surface area contributed by atoms with E-state index in [4.69, 9.17) is 5.73 Å². The molecule has 0 saturated heterocycles. The monoisotopic (exact) mass is 261 g/mol. The van der Waals surface area contributed by atoms with Gasteiger partial charge in [0.25, 0.3) is 0 Å². The molecule has 1 aliphatic rings. The molecule has 0 spiro atoms. The standard InChI is InChI=1S/C15H23N3O/c1-2-3-6-14(16)15(19)18(13-7-8-13)11-12-5-4-9-17-10-12/h4-5,9-10,13-14H,2-3,6-8,11,16H2,1H3. The zero-order valence-electron chi connectivity index (χ0n) is 11.6. The second kappa shape index (κ2) is 6.66. The summed E-state index contributed by atoms with van der Waals surface area (Å²) in [6.45, 7) is 2.75. The Kier molecular flexibility index (Phi) is 4.91. The highest BCUT2D eigenvalue weighted by Crippen LogP contribution is 2.29. The fourth-order valence-corrected chi connectivity index (χ4v) is 2.22. The summed E-state index contributed by atoms with van der Waals surface area (Å²) in [6, 6.07) is 3.95. The first-order valence-corrected chi connectivity index (χ1v) is 7.17. The second-order valence-electron chi connectivity index (χ2n) is 5.31. The number of amides is 1. The summed E-state index contributed by atoms with van der Waals surface area (Å²) in [7, 11) is 0. The zero-order chi connectivity index (χ0) is 13.7. The summed E-state index contributed by atoms with van der Waals surface area (Å²) >= 11 is 0. The number of hydrogen-bond donors (Lipinski definition) is 1. The van der Waals surface area contributed by atoms with E-state index in [2.05, 4.69) is 11.9 Å². The molecule has 19 heavy (non-hydrogen) atoms. The molecule has 1 atom stereocenters. The van der Waals surface area contributed by atoms with E-state index in [9.17, 15) is 4.79 Å². The van der Waals surface area contributed by atoms with Crippen LogP contribution in [0.3, 0.4) is 0 Å². The molecule has 1 aromatic rings. The van der Waals surface area contributed by atoms with Crippen LogP contribution in [0.2, 0.25) is 0 Å². The van der Waals surface area contributed by atoms with E-state index in [0.29, 0.717) is 12.6 Å². The molecule has 4 heteroatoms. The number of carbonyl (C=O) groups is 1. The molecule has 2 N–H and O–H groups in total. The molecular formula is C15H23N3O. The topological polar surface area (TPSA) is 59.2 Å². The third-order valence-corrected chi connectivity index (χ3v) is 3.53. The van der Waals surface area contributed by atoms with Crippen LogP contribution in [-0.4, -0.2) is 27.9 Å². The van der Waals surface area contributed by atoms with Crippen LogP contribution in [0, 0.1) is 0 Å². The SMILES string of the molecule is CCCCC(N)C(=O)N(Cc1cccnc1)C1CC1. The lowest BCUT2D eigenvalue weighted by atomic mass is 10.1. The molecule has 104 valence electrons. The summed E-state index contributed by atoms with van der Waals surface area (Å²) in [5, 5.41) is 0. The zero-order valence-corrected chi connectivity index (χ0v) is 11.6. The molecule has 1 heterocycles. The highest BCUT2D eigenvalue weighted by molar-refractivity contribution is 5.82. The smallest absolute Gasteiger partial charge is 0.240 e. The predicted octanol–water partition coefficient (Wildman–Crippen LogP) is 2.09. The minimum atomic E-state index is -0.350. The number of nitrogens with zero attached hydrogens (tertiary/aromatic N) is 2. The van der Waals surface area contributed by atoms with Gasteiger partial charge < -0.3 is 10.6 Å². The quantitative estimate of drug-likeness (QED) is 0.817. The first-order valence-electron chi connectivity index (χ1n) is 7.17. The number of carbonyl (C=O) groups excluding carboxylic acids is 1. The van der Waals surface area contributed by atoms with Crippen LogP contribution in [0.4, 0.5) is 0 Å². The molecule has 1 amide bonds. The van der Waals surface area contributed by atoms with Crippen molar-refractivity contribution in [1.29, 1.82) is 0 Å². The fraction of sp³-hybridized carbons (Fsp3) is 0.600. The third kappa shape index (κ3) is 4.03. The van der Waals surface area contributed by atoms with Gasteiger partial charge in [-0.05, 0) is 30.9 Å². The molecule has 0 aliphatic heterocycles. The van der Waals surface area contributed by atoms with Crippen LogP contribution in [0.15, 0.2) is 24.5 Å². The van der Waals surface area contributed by atoms with Gasteiger partial charge in [0.15, 0.2) is 0 Å². The Bertz CT molecular complexity index is 403. The maximum Gasteiger partial charge on any atom is 0.240 e. The van der Waals surface area contributed by atoms with Crippen molar-refractivity contribution in [2.24, 2.45) is 5.73 Å². The van der Waals surface area contributed by atoms with Crippen molar-refractivity contribution in [2.75, 3.05) is 0 Å². The number of hydrogen-bond acceptors (Lipinski definition) is 3. The van der Waals surface area contributed by atoms with Crippen molar-refractivity contribution in [2.45, 2.75) is 57.7 Å². The number of unbranched alkanes of at least 4 members (excludes halogenated alkanes) is 1. The number of rotatable bonds is 7. The van der Waals surface area contributed by atoms with E-state index in [-0.39, 0.29) is 11.9 Å². The Morgan fingerprint density at radius 1 is 1.58 bits per heavy atom. The molecule has 0 aromatic carbocycles.